The van der Waals surface area contributed by atoms with E-state index in [-0.39, 0.29) is 5.84 Å². The molecule has 98 valence electrons. The number of benzene rings is 1. The van der Waals surface area contributed by atoms with Crippen LogP contribution in [-0.4, -0.2) is 24.2 Å². The summed E-state index contributed by atoms with van der Waals surface area (Å²) in [6, 6.07) is 4.16. The summed E-state index contributed by atoms with van der Waals surface area (Å²) in [5.74, 6) is 1.23. The molecule has 1 aliphatic rings. The van der Waals surface area contributed by atoms with Crippen molar-refractivity contribution in [2.24, 2.45) is 10.9 Å². The molecule has 0 saturated heterocycles. The lowest BCUT2D eigenvalue weighted by Gasteiger charge is -2.10. The zero-order valence-corrected chi connectivity index (χ0v) is 11.5. The number of rotatable bonds is 5. The Kier molecular flexibility index (Phi) is 4.43. The van der Waals surface area contributed by atoms with Crippen LogP contribution < -0.4 is 15.8 Å². The minimum atomic E-state index is 0.234. The van der Waals surface area contributed by atoms with Gasteiger partial charge in [0.2, 0.25) is 0 Å². The average Bonchev–Trinajstić information content (AvgIpc) is 2.81. The van der Waals surface area contributed by atoms with Crippen molar-refractivity contribution >= 4 is 21.8 Å². The molecule has 0 spiro atoms. The van der Waals surface area contributed by atoms with Crippen molar-refractivity contribution in [3.8, 4) is 5.75 Å². The number of fused-ring (bicyclic) bond motifs is 1. The lowest BCUT2D eigenvalue weighted by Crippen LogP contribution is -2.22. The summed E-state index contributed by atoms with van der Waals surface area (Å²) in [6.07, 6.45) is 1.49. The van der Waals surface area contributed by atoms with Crippen molar-refractivity contribution in [1.29, 1.82) is 0 Å². The fourth-order valence-corrected chi connectivity index (χ4v) is 2.52. The van der Waals surface area contributed by atoms with Gasteiger partial charge in [0.15, 0.2) is 0 Å². The van der Waals surface area contributed by atoms with Gasteiger partial charge in [0.1, 0.15) is 11.6 Å². The van der Waals surface area contributed by atoms with Crippen molar-refractivity contribution in [2.45, 2.75) is 19.4 Å². The van der Waals surface area contributed by atoms with E-state index in [1.165, 1.54) is 5.56 Å². The van der Waals surface area contributed by atoms with Gasteiger partial charge in [-0.25, -0.2) is 0 Å². The molecule has 6 heteroatoms. The molecular formula is C12H16BrN3O2. The Hall–Kier alpha value is -1.27. The third kappa shape index (κ3) is 3.14. The van der Waals surface area contributed by atoms with Gasteiger partial charge in [-0.15, -0.1) is 0 Å². The van der Waals surface area contributed by atoms with Gasteiger partial charge >= 0.3 is 0 Å². The van der Waals surface area contributed by atoms with Crippen LogP contribution in [0.2, 0.25) is 0 Å². The maximum atomic E-state index is 8.42. The second kappa shape index (κ2) is 6.06. The molecule has 0 unspecified atom stereocenters. The minimum absolute atomic E-state index is 0.234. The molecule has 1 heterocycles. The molecule has 1 aliphatic heterocycles. The van der Waals surface area contributed by atoms with E-state index in [4.69, 9.17) is 15.7 Å². The number of amidine groups is 1. The van der Waals surface area contributed by atoms with Gasteiger partial charge < -0.3 is 21.0 Å². The number of nitrogens with zero attached hydrogens (tertiary/aromatic N) is 1. The Morgan fingerprint density at radius 1 is 1.56 bits per heavy atom. The highest BCUT2D eigenvalue weighted by molar-refractivity contribution is 9.10. The average molecular weight is 314 g/mol. The molecule has 0 bridgehead atoms. The number of oxime groups is 1. The third-order valence-electron chi connectivity index (χ3n) is 2.83. The van der Waals surface area contributed by atoms with E-state index in [0.29, 0.717) is 19.5 Å². The van der Waals surface area contributed by atoms with E-state index >= 15 is 0 Å². The molecule has 5 nitrogen and oxygen atoms in total. The first-order valence-corrected chi connectivity index (χ1v) is 6.61. The first kappa shape index (κ1) is 13.2. The van der Waals surface area contributed by atoms with E-state index < -0.39 is 0 Å². The smallest absolute Gasteiger partial charge is 0.140 e. The van der Waals surface area contributed by atoms with Gasteiger partial charge in [-0.3, -0.25) is 0 Å². The van der Waals surface area contributed by atoms with Crippen LogP contribution in [0, 0.1) is 0 Å². The molecule has 1 aromatic carbocycles. The first-order chi connectivity index (χ1) is 8.70. The fraction of sp³-hybridized carbons (Fsp3) is 0.417. The summed E-state index contributed by atoms with van der Waals surface area (Å²) in [7, 11) is 0. The van der Waals surface area contributed by atoms with Crippen LogP contribution in [0.1, 0.15) is 17.5 Å². The Balaban J connectivity index is 1.94. The number of nitrogens with one attached hydrogen (secondary N) is 1. The predicted molar refractivity (Wildman–Crippen MR) is 73.1 cm³/mol. The van der Waals surface area contributed by atoms with E-state index in [1.807, 2.05) is 0 Å². The zero-order valence-electron chi connectivity index (χ0n) is 9.95. The molecule has 4 N–H and O–H groups in total. The predicted octanol–water partition coefficient (Wildman–Crippen LogP) is 1.61. The second-order valence-corrected chi connectivity index (χ2v) is 5.09. The number of halogens is 1. The maximum Gasteiger partial charge on any atom is 0.140 e. The van der Waals surface area contributed by atoms with E-state index in [2.05, 4.69) is 38.5 Å². The molecule has 0 fully saturated rings. The summed E-state index contributed by atoms with van der Waals surface area (Å²) in [6.45, 7) is 2.13. The van der Waals surface area contributed by atoms with Crippen LogP contribution in [0.15, 0.2) is 21.8 Å². The van der Waals surface area contributed by atoms with Crippen molar-refractivity contribution < 1.29 is 9.94 Å². The Bertz CT molecular complexity index is 463. The monoisotopic (exact) mass is 313 g/mol. The minimum Gasteiger partial charge on any atom is -0.493 e. The van der Waals surface area contributed by atoms with Crippen LogP contribution in [0.25, 0.3) is 0 Å². The number of hydrogen-bond acceptors (Lipinski definition) is 4. The Morgan fingerprint density at radius 2 is 2.39 bits per heavy atom. The van der Waals surface area contributed by atoms with Gasteiger partial charge in [0.25, 0.3) is 0 Å². The molecule has 0 atom stereocenters. The van der Waals surface area contributed by atoms with Gasteiger partial charge in [-0.05, 0) is 17.7 Å². The van der Waals surface area contributed by atoms with Crippen LogP contribution >= 0.6 is 15.9 Å². The molecule has 0 aliphatic carbocycles. The van der Waals surface area contributed by atoms with Crippen molar-refractivity contribution in [3.63, 3.8) is 0 Å². The number of nitrogens with two attached hydrogens (primary N) is 1. The molecule has 1 aromatic rings. The van der Waals surface area contributed by atoms with Crippen molar-refractivity contribution in [3.05, 3.63) is 27.7 Å². The third-order valence-corrected chi connectivity index (χ3v) is 3.28. The molecular weight excluding hydrogens is 298 g/mol. The largest absolute Gasteiger partial charge is 0.493 e. The van der Waals surface area contributed by atoms with E-state index in [1.54, 1.807) is 0 Å². The quantitative estimate of drug-likeness (QED) is 0.254. The summed E-state index contributed by atoms with van der Waals surface area (Å²) in [4.78, 5) is 0. The SMILES string of the molecule is N/C(CCNCc1cc(Br)cc2c1OCC2)=N/O. The summed E-state index contributed by atoms with van der Waals surface area (Å²) >= 11 is 3.50. The van der Waals surface area contributed by atoms with E-state index in [9.17, 15) is 0 Å². The van der Waals surface area contributed by atoms with Gasteiger partial charge in [0.05, 0.1) is 6.61 Å². The molecule has 18 heavy (non-hydrogen) atoms. The van der Waals surface area contributed by atoms with Crippen molar-refractivity contribution in [1.82, 2.24) is 5.32 Å². The van der Waals surface area contributed by atoms with Gasteiger partial charge in [-0.1, -0.05) is 21.1 Å². The van der Waals surface area contributed by atoms with Crippen LogP contribution in [0.4, 0.5) is 0 Å². The van der Waals surface area contributed by atoms with Gasteiger partial charge in [-0.2, -0.15) is 0 Å². The summed E-state index contributed by atoms with van der Waals surface area (Å²) < 4.78 is 6.70. The Morgan fingerprint density at radius 3 is 3.17 bits per heavy atom. The number of ether oxygens (including phenoxy) is 1. The normalized spacial score (nSPS) is 14.4. The molecule has 0 aromatic heterocycles. The van der Waals surface area contributed by atoms with Crippen LogP contribution in [0.5, 0.6) is 5.75 Å². The molecule has 0 amide bonds. The second-order valence-electron chi connectivity index (χ2n) is 4.17. The summed E-state index contributed by atoms with van der Waals surface area (Å²) in [5, 5.41) is 14.6. The molecule has 0 radical (unpaired) electrons. The maximum absolute atomic E-state index is 8.42. The lowest BCUT2D eigenvalue weighted by molar-refractivity contribution is 0.316. The van der Waals surface area contributed by atoms with Crippen molar-refractivity contribution in [2.75, 3.05) is 13.2 Å². The molecule has 0 saturated carbocycles. The van der Waals surface area contributed by atoms with Crippen LogP contribution in [0.3, 0.4) is 0 Å². The highest BCUT2D eigenvalue weighted by atomic mass is 79.9. The van der Waals surface area contributed by atoms with Gasteiger partial charge in [0, 0.05) is 36.0 Å². The summed E-state index contributed by atoms with van der Waals surface area (Å²) in [5.41, 5.74) is 7.78. The van der Waals surface area contributed by atoms with E-state index in [0.717, 1.165) is 28.8 Å². The number of hydrogen-bond donors (Lipinski definition) is 3. The lowest BCUT2D eigenvalue weighted by atomic mass is 10.1. The highest BCUT2D eigenvalue weighted by Gasteiger charge is 2.16. The fourth-order valence-electron chi connectivity index (χ4n) is 1.97. The first-order valence-electron chi connectivity index (χ1n) is 5.82. The molecule has 2 rings (SSSR count). The zero-order chi connectivity index (χ0) is 13.0. The Labute approximate surface area is 114 Å². The topological polar surface area (TPSA) is 79.9 Å². The van der Waals surface area contributed by atoms with Crippen LogP contribution in [-0.2, 0) is 13.0 Å². The standard InChI is InChI=1S/C12H16BrN3O2/c13-10-5-8-2-4-18-12(8)9(6-10)7-15-3-1-11(14)16-17/h5-6,15,17H,1-4,7H2,(H2,14,16). The highest BCUT2D eigenvalue weighted by Crippen LogP contribution is 2.32.